The van der Waals surface area contributed by atoms with Crippen molar-refractivity contribution in [1.29, 1.82) is 0 Å². The number of hydrogen-bond acceptors (Lipinski definition) is 4. The zero-order valence-electron chi connectivity index (χ0n) is 10.0. The molecule has 1 aliphatic rings. The topological polar surface area (TPSA) is 84.4 Å². The number of rotatable bonds is 3. The Morgan fingerprint density at radius 3 is 2.84 bits per heavy atom. The van der Waals surface area contributed by atoms with Gasteiger partial charge in [-0.1, -0.05) is 0 Å². The highest BCUT2D eigenvalue weighted by atomic mass is 16.6. The summed E-state index contributed by atoms with van der Waals surface area (Å²) < 4.78 is 10.9. The van der Waals surface area contributed by atoms with Crippen molar-refractivity contribution in [3.8, 4) is 22.8 Å². The number of ether oxygens (including phenoxy) is 2. The van der Waals surface area contributed by atoms with Gasteiger partial charge in [-0.2, -0.15) is 5.10 Å². The average Bonchev–Trinajstić information content (AvgIpc) is 2.86. The molecule has 98 valence electrons. The maximum atomic E-state index is 10.6. The van der Waals surface area contributed by atoms with Crippen molar-refractivity contribution in [1.82, 2.24) is 10.2 Å². The molecule has 0 saturated carbocycles. The van der Waals surface area contributed by atoms with Crippen LogP contribution in [0.4, 0.5) is 0 Å². The zero-order chi connectivity index (χ0) is 13.2. The lowest BCUT2D eigenvalue weighted by Gasteiger charge is -2.18. The Morgan fingerprint density at radius 2 is 2.05 bits per heavy atom. The molecule has 0 aliphatic carbocycles. The van der Waals surface area contributed by atoms with Crippen LogP contribution in [0.2, 0.25) is 0 Å². The summed E-state index contributed by atoms with van der Waals surface area (Å²) in [5.41, 5.74) is 2.11. The minimum absolute atomic E-state index is 0.0719. The molecule has 1 aromatic heterocycles. The fourth-order valence-electron chi connectivity index (χ4n) is 1.97. The van der Waals surface area contributed by atoms with E-state index >= 15 is 0 Å². The predicted octanol–water partition coefficient (Wildman–Crippen LogP) is 1.47. The Kier molecular flexibility index (Phi) is 2.83. The van der Waals surface area contributed by atoms with Crippen LogP contribution < -0.4 is 9.47 Å². The molecular formula is C13H12N2O4. The number of carbonyl (C=O) groups is 1. The van der Waals surface area contributed by atoms with Gasteiger partial charge >= 0.3 is 5.97 Å². The van der Waals surface area contributed by atoms with Gasteiger partial charge in [-0.25, -0.2) is 0 Å². The summed E-state index contributed by atoms with van der Waals surface area (Å²) in [4.78, 5) is 10.6. The van der Waals surface area contributed by atoms with Gasteiger partial charge in [0.05, 0.1) is 12.1 Å². The minimum Gasteiger partial charge on any atom is -0.486 e. The first-order valence-electron chi connectivity index (χ1n) is 5.88. The van der Waals surface area contributed by atoms with Crippen molar-refractivity contribution in [3.05, 3.63) is 30.0 Å². The third kappa shape index (κ3) is 2.37. The quantitative estimate of drug-likeness (QED) is 0.873. The standard InChI is InChI=1S/C13H12N2O4/c16-13(17)7-9-6-10(15-14-9)8-1-2-11-12(5-8)19-4-3-18-11/h1-2,5-6H,3-4,7H2,(H,14,15)(H,16,17). The molecule has 1 aliphatic heterocycles. The molecule has 19 heavy (non-hydrogen) atoms. The second-order valence-electron chi connectivity index (χ2n) is 4.21. The maximum absolute atomic E-state index is 10.6. The fourth-order valence-corrected chi connectivity index (χ4v) is 1.97. The lowest BCUT2D eigenvalue weighted by Crippen LogP contribution is -2.15. The molecule has 0 radical (unpaired) electrons. The smallest absolute Gasteiger partial charge is 0.309 e. The Balaban J connectivity index is 1.89. The number of H-pyrrole nitrogens is 1. The number of hydrogen-bond donors (Lipinski definition) is 2. The molecule has 3 rings (SSSR count). The van der Waals surface area contributed by atoms with Gasteiger partial charge in [0.25, 0.3) is 0 Å². The van der Waals surface area contributed by atoms with Crippen molar-refractivity contribution in [2.45, 2.75) is 6.42 Å². The number of fused-ring (bicyclic) bond motifs is 1. The molecule has 1 aromatic carbocycles. The number of aromatic amines is 1. The third-order valence-corrected chi connectivity index (χ3v) is 2.81. The zero-order valence-corrected chi connectivity index (χ0v) is 10.0. The first kappa shape index (κ1) is 11.6. The van der Waals surface area contributed by atoms with E-state index in [1.54, 1.807) is 6.07 Å². The Bertz CT molecular complexity index is 621. The van der Waals surface area contributed by atoms with Gasteiger partial charge in [0.15, 0.2) is 11.5 Å². The number of carboxylic acid groups (broad SMARTS) is 1. The summed E-state index contributed by atoms with van der Waals surface area (Å²) in [5.74, 6) is 0.514. The highest BCUT2D eigenvalue weighted by molar-refractivity contribution is 5.71. The maximum Gasteiger partial charge on any atom is 0.309 e. The monoisotopic (exact) mass is 260 g/mol. The van der Waals surface area contributed by atoms with Crippen molar-refractivity contribution < 1.29 is 19.4 Å². The second-order valence-corrected chi connectivity index (χ2v) is 4.21. The molecular weight excluding hydrogens is 248 g/mol. The number of aliphatic carboxylic acids is 1. The summed E-state index contributed by atoms with van der Waals surface area (Å²) in [6, 6.07) is 7.26. The van der Waals surface area contributed by atoms with E-state index in [1.165, 1.54) is 0 Å². The second kappa shape index (κ2) is 4.64. The Labute approximate surface area is 109 Å². The van der Waals surface area contributed by atoms with Crippen molar-refractivity contribution in [2.24, 2.45) is 0 Å². The van der Waals surface area contributed by atoms with E-state index in [1.807, 2.05) is 18.2 Å². The molecule has 0 amide bonds. The van der Waals surface area contributed by atoms with Crippen molar-refractivity contribution in [3.63, 3.8) is 0 Å². The Morgan fingerprint density at radius 1 is 1.26 bits per heavy atom. The van der Waals surface area contributed by atoms with Gasteiger partial charge in [-0.05, 0) is 24.3 Å². The number of nitrogens with zero attached hydrogens (tertiary/aromatic N) is 1. The van der Waals surface area contributed by atoms with E-state index in [-0.39, 0.29) is 6.42 Å². The number of nitrogens with one attached hydrogen (secondary N) is 1. The first-order valence-corrected chi connectivity index (χ1v) is 5.88. The van der Waals surface area contributed by atoms with Crippen molar-refractivity contribution >= 4 is 5.97 Å². The van der Waals surface area contributed by atoms with E-state index in [9.17, 15) is 4.79 Å². The molecule has 0 saturated heterocycles. The lowest BCUT2D eigenvalue weighted by atomic mass is 10.1. The largest absolute Gasteiger partial charge is 0.486 e. The van der Waals surface area contributed by atoms with Crippen LogP contribution in [0.3, 0.4) is 0 Å². The van der Waals surface area contributed by atoms with Crippen LogP contribution in [0.1, 0.15) is 5.69 Å². The lowest BCUT2D eigenvalue weighted by molar-refractivity contribution is -0.136. The van der Waals surface area contributed by atoms with Gasteiger partial charge in [-0.3, -0.25) is 9.89 Å². The van der Waals surface area contributed by atoms with E-state index in [2.05, 4.69) is 10.2 Å². The van der Waals surface area contributed by atoms with E-state index in [4.69, 9.17) is 14.6 Å². The van der Waals surface area contributed by atoms with Crippen molar-refractivity contribution in [2.75, 3.05) is 13.2 Å². The Hall–Kier alpha value is -2.50. The van der Waals surface area contributed by atoms with E-state index in [0.717, 1.165) is 11.3 Å². The van der Waals surface area contributed by atoms with Crippen LogP contribution in [0.15, 0.2) is 24.3 Å². The van der Waals surface area contributed by atoms with Crippen LogP contribution in [-0.4, -0.2) is 34.5 Å². The molecule has 6 nitrogen and oxygen atoms in total. The fraction of sp³-hybridized carbons (Fsp3) is 0.231. The van der Waals surface area contributed by atoms with E-state index < -0.39 is 5.97 Å². The van der Waals surface area contributed by atoms with Gasteiger partial charge in [0.2, 0.25) is 0 Å². The molecule has 2 aromatic rings. The molecule has 0 bridgehead atoms. The molecule has 0 fully saturated rings. The number of carboxylic acids is 1. The van der Waals surface area contributed by atoms with Gasteiger partial charge in [0, 0.05) is 11.3 Å². The number of aromatic nitrogens is 2. The molecule has 2 N–H and O–H groups in total. The summed E-state index contributed by atoms with van der Waals surface area (Å²) in [5, 5.41) is 15.5. The van der Waals surface area contributed by atoms with Crippen LogP contribution >= 0.6 is 0 Å². The van der Waals surface area contributed by atoms with Gasteiger partial charge < -0.3 is 14.6 Å². The van der Waals surface area contributed by atoms with Gasteiger partial charge in [-0.15, -0.1) is 0 Å². The highest BCUT2D eigenvalue weighted by Crippen LogP contribution is 2.34. The average molecular weight is 260 g/mol. The minimum atomic E-state index is -0.891. The number of benzene rings is 1. The molecule has 6 heteroatoms. The summed E-state index contributed by atoms with van der Waals surface area (Å²) in [7, 11) is 0. The first-order chi connectivity index (χ1) is 9.22. The molecule has 0 spiro atoms. The third-order valence-electron chi connectivity index (χ3n) is 2.81. The normalized spacial score (nSPS) is 13.3. The highest BCUT2D eigenvalue weighted by Gasteiger charge is 2.14. The molecule has 2 heterocycles. The van der Waals surface area contributed by atoms with E-state index in [0.29, 0.717) is 30.4 Å². The molecule has 0 unspecified atom stereocenters. The summed E-state index contributed by atoms with van der Waals surface area (Å²) in [6.45, 7) is 1.08. The van der Waals surface area contributed by atoms with Crippen LogP contribution in [0.25, 0.3) is 11.3 Å². The van der Waals surface area contributed by atoms with Crippen LogP contribution in [0.5, 0.6) is 11.5 Å². The van der Waals surface area contributed by atoms with Crippen LogP contribution in [-0.2, 0) is 11.2 Å². The molecule has 0 atom stereocenters. The SMILES string of the molecule is O=C(O)Cc1cc(-c2ccc3c(c2)OCCO3)n[nH]1. The summed E-state index contributed by atoms with van der Waals surface area (Å²) >= 11 is 0. The van der Waals surface area contributed by atoms with Gasteiger partial charge in [0.1, 0.15) is 13.2 Å². The predicted molar refractivity (Wildman–Crippen MR) is 66.4 cm³/mol. The summed E-state index contributed by atoms with van der Waals surface area (Å²) in [6.07, 6.45) is -0.0719. The van der Waals surface area contributed by atoms with Crippen LogP contribution in [0, 0.1) is 0 Å².